The van der Waals surface area contributed by atoms with E-state index in [0.717, 1.165) is 11.1 Å². The van der Waals surface area contributed by atoms with E-state index < -0.39 is 59.8 Å². The van der Waals surface area contributed by atoms with Crippen LogP contribution in [-0.2, 0) is 35.0 Å². The van der Waals surface area contributed by atoms with Gasteiger partial charge in [0, 0.05) is 26.5 Å². The number of nitrogens with zero attached hydrogens (tertiary/aromatic N) is 1. The number of esters is 1. The van der Waals surface area contributed by atoms with Crippen molar-refractivity contribution in [2.24, 2.45) is 5.92 Å². The number of nitrogens with one attached hydrogen (secondary N) is 2. The maximum atomic E-state index is 13.8. The molecule has 3 aliphatic heterocycles. The van der Waals surface area contributed by atoms with Crippen LogP contribution in [-0.4, -0.2) is 93.2 Å². The van der Waals surface area contributed by atoms with Gasteiger partial charge in [0.1, 0.15) is 40.7 Å². The number of allylic oxidation sites excluding steroid dienone is 3. The molecule has 2 amide bonds. The van der Waals surface area contributed by atoms with Crippen LogP contribution in [0.2, 0.25) is 5.02 Å². The Morgan fingerprint density at radius 2 is 2.00 bits per heavy atom. The first-order chi connectivity index (χ1) is 21.2. The quantitative estimate of drug-likeness (QED) is 0.321. The van der Waals surface area contributed by atoms with Crippen LogP contribution >= 0.6 is 11.6 Å². The fraction of sp³-hybridized carbons (Fsp3) is 0.594. The fourth-order valence-corrected chi connectivity index (χ4v) is 6.28. The number of carbonyl (C=O) groups excluding carboxylic acids is 3. The van der Waals surface area contributed by atoms with Crippen LogP contribution in [0.15, 0.2) is 35.9 Å². The SMILES string of the molecule is CNC(C)C(=O)OC1CC(=O)N(C)c2cc(cc(OC)c2Cl)C/C(C)=C/C=C/C(OC)C2(O)CC(OC(=O)N2)C(C)C2O[C@]12C. The van der Waals surface area contributed by atoms with Gasteiger partial charge < -0.3 is 39.0 Å². The Bertz CT molecular complexity index is 1370. The van der Waals surface area contributed by atoms with Crippen LogP contribution in [0, 0.1) is 5.92 Å². The summed E-state index contributed by atoms with van der Waals surface area (Å²) in [5.74, 6) is -0.974. The molecule has 4 bridgehead atoms. The monoisotopic (exact) mass is 649 g/mol. The molecule has 0 aliphatic carbocycles. The first-order valence-electron chi connectivity index (χ1n) is 14.9. The van der Waals surface area contributed by atoms with Crippen LogP contribution in [0.4, 0.5) is 10.5 Å². The molecule has 13 heteroatoms. The molecule has 8 atom stereocenters. The number of hydrogen-bond donors (Lipinski definition) is 3. The number of halogens is 1. The number of epoxide rings is 1. The van der Waals surface area contributed by atoms with E-state index in [2.05, 4.69) is 10.6 Å². The highest BCUT2D eigenvalue weighted by molar-refractivity contribution is 6.35. The highest BCUT2D eigenvalue weighted by atomic mass is 35.5. The van der Waals surface area contributed by atoms with Gasteiger partial charge >= 0.3 is 12.1 Å². The zero-order valence-electron chi connectivity index (χ0n) is 27.0. The van der Waals surface area contributed by atoms with Crippen LogP contribution in [0.5, 0.6) is 5.75 Å². The predicted molar refractivity (Wildman–Crippen MR) is 167 cm³/mol. The van der Waals surface area contributed by atoms with Gasteiger partial charge in [-0.2, -0.15) is 0 Å². The van der Waals surface area contributed by atoms with Crippen molar-refractivity contribution < 1.29 is 43.2 Å². The second kappa shape index (κ2) is 13.7. The van der Waals surface area contributed by atoms with E-state index in [4.69, 9.17) is 35.3 Å². The van der Waals surface area contributed by atoms with Gasteiger partial charge in [0.15, 0.2) is 5.72 Å². The average molecular weight is 650 g/mol. The largest absolute Gasteiger partial charge is 0.495 e. The second-order valence-electron chi connectivity index (χ2n) is 12.2. The van der Waals surface area contributed by atoms with E-state index in [1.54, 1.807) is 46.2 Å². The molecule has 3 N–H and O–H groups in total. The summed E-state index contributed by atoms with van der Waals surface area (Å²) >= 11 is 6.69. The highest BCUT2D eigenvalue weighted by Gasteiger charge is 2.64. The van der Waals surface area contributed by atoms with Crippen molar-refractivity contribution in [1.82, 2.24) is 10.6 Å². The molecule has 1 aromatic carbocycles. The van der Waals surface area contributed by atoms with Crippen molar-refractivity contribution in [3.63, 3.8) is 0 Å². The number of ether oxygens (including phenoxy) is 5. The number of fused-ring (bicyclic) bond motifs is 5. The van der Waals surface area contributed by atoms with Crippen molar-refractivity contribution in [3.8, 4) is 5.75 Å². The Morgan fingerprint density at radius 1 is 1.29 bits per heavy atom. The molecule has 1 aromatic rings. The Labute approximate surface area is 269 Å². The fourth-order valence-electron chi connectivity index (χ4n) is 5.97. The summed E-state index contributed by atoms with van der Waals surface area (Å²) < 4.78 is 28.8. The third-order valence-electron chi connectivity index (χ3n) is 9.00. The lowest BCUT2D eigenvalue weighted by Gasteiger charge is -2.42. The number of aliphatic hydroxyl groups is 1. The molecule has 0 spiro atoms. The molecule has 4 rings (SSSR count). The maximum Gasteiger partial charge on any atom is 0.409 e. The highest BCUT2D eigenvalue weighted by Crippen LogP contribution is 2.49. The minimum absolute atomic E-state index is 0.00553. The summed E-state index contributed by atoms with van der Waals surface area (Å²) in [4.78, 5) is 40.9. The van der Waals surface area contributed by atoms with Crippen molar-refractivity contribution in [1.29, 1.82) is 0 Å². The Balaban J connectivity index is 1.80. The third kappa shape index (κ3) is 7.30. The van der Waals surface area contributed by atoms with Gasteiger partial charge in [-0.15, -0.1) is 0 Å². The van der Waals surface area contributed by atoms with Gasteiger partial charge in [-0.1, -0.05) is 42.3 Å². The molecule has 7 unspecified atom stereocenters. The molecule has 0 saturated carbocycles. The number of anilines is 1. The predicted octanol–water partition coefficient (Wildman–Crippen LogP) is 3.28. The molecule has 3 heterocycles. The molecule has 3 aliphatic rings. The number of carbonyl (C=O) groups is 3. The number of methoxy groups -OCH3 is 2. The van der Waals surface area contributed by atoms with E-state index in [1.807, 2.05) is 26.0 Å². The van der Waals surface area contributed by atoms with E-state index in [9.17, 15) is 19.5 Å². The minimum Gasteiger partial charge on any atom is -0.495 e. The number of likely N-dealkylation sites (N-methyl/N-ethyl adjacent to an activating group) is 1. The van der Waals surface area contributed by atoms with Crippen molar-refractivity contribution >= 4 is 35.3 Å². The van der Waals surface area contributed by atoms with Gasteiger partial charge in [0.25, 0.3) is 0 Å². The standard InChI is InChI=1S/C32H44ClN3O9/c1-17-10-9-11-24(42-8)32(40)16-23(43-30(39)35-32)18(2)28-31(4,45-28)25(44-29(38)19(3)34-5)15-26(37)36(6)21-13-20(12-17)14-22(41-7)27(21)33/h9-11,13-14,18-19,23-25,28,34,40H,12,15-16H2,1-8H3,(H,35,39)/b11-9+,17-10+/t18?,19?,23?,24?,25?,28?,31-,32?/m1/s1. The number of hydrogen-bond acceptors (Lipinski definition) is 10. The van der Waals surface area contributed by atoms with E-state index in [-0.39, 0.29) is 23.8 Å². The second-order valence-corrected chi connectivity index (χ2v) is 12.6. The van der Waals surface area contributed by atoms with Gasteiger partial charge in [-0.25, -0.2) is 4.79 Å². The summed E-state index contributed by atoms with van der Waals surface area (Å²) in [6.45, 7) is 7.17. The maximum absolute atomic E-state index is 13.8. The number of benzene rings is 1. The minimum atomic E-state index is -1.78. The van der Waals surface area contributed by atoms with E-state index >= 15 is 0 Å². The number of alkyl carbamates (subject to hydrolysis) is 1. The molecule has 12 nitrogen and oxygen atoms in total. The molecule has 2 saturated heterocycles. The van der Waals surface area contributed by atoms with Crippen molar-refractivity contribution in [3.05, 3.63) is 46.5 Å². The molecular formula is C32H44ClN3O9. The lowest BCUT2D eigenvalue weighted by Crippen LogP contribution is -2.63. The molecule has 45 heavy (non-hydrogen) atoms. The normalized spacial score (nSPS) is 34.8. The van der Waals surface area contributed by atoms with Gasteiger partial charge in [-0.3, -0.25) is 14.9 Å². The van der Waals surface area contributed by atoms with Crippen LogP contribution in [0.3, 0.4) is 0 Å². The van der Waals surface area contributed by atoms with Crippen LogP contribution < -0.4 is 20.3 Å². The Kier molecular flexibility index (Phi) is 10.6. The third-order valence-corrected chi connectivity index (χ3v) is 9.38. The van der Waals surface area contributed by atoms with Gasteiger partial charge in [0.05, 0.1) is 25.3 Å². The summed E-state index contributed by atoms with van der Waals surface area (Å²) in [6, 6.07) is 2.99. The lowest BCUT2D eigenvalue weighted by atomic mass is 9.83. The summed E-state index contributed by atoms with van der Waals surface area (Å²) in [5, 5.41) is 17.2. The molecular weight excluding hydrogens is 606 g/mol. The summed E-state index contributed by atoms with van der Waals surface area (Å²) in [7, 11) is 6.18. The molecule has 0 aromatic heterocycles. The van der Waals surface area contributed by atoms with Gasteiger partial charge in [-0.05, 0) is 51.9 Å². The Hall–Kier alpha value is -3.16. The van der Waals surface area contributed by atoms with Crippen LogP contribution in [0.25, 0.3) is 0 Å². The molecule has 248 valence electrons. The van der Waals surface area contributed by atoms with Gasteiger partial charge in [0.2, 0.25) is 5.91 Å². The van der Waals surface area contributed by atoms with E-state index in [0.29, 0.717) is 17.9 Å². The van der Waals surface area contributed by atoms with Crippen LogP contribution in [0.1, 0.15) is 46.1 Å². The Morgan fingerprint density at radius 3 is 2.64 bits per heavy atom. The first-order valence-corrected chi connectivity index (χ1v) is 15.3. The van der Waals surface area contributed by atoms with E-state index in [1.165, 1.54) is 19.1 Å². The van der Waals surface area contributed by atoms with Crippen molar-refractivity contribution in [2.75, 3.05) is 33.2 Å². The molecule has 0 radical (unpaired) electrons. The number of rotatable bonds is 5. The average Bonchev–Trinajstić information content (AvgIpc) is 3.69. The number of amides is 2. The first kappa shape index (κ1) is 34.7. The zero-order chi connectivity index (χ0) is 33.3. The topological polar surface area (TPSA) is 148 Å². The summed E-state index contributed by atoms with van der Waals surface area (Å²) in [5.41, 5.74) is -0.646. The van der Waals surface area contributed by atoms with Crippen molar-refractivity contribution in [2.45, 2.75) is 88.7 Å². The zero-order valence-corrected chi connectivity index (χ0v) is 27.8. The summed E-state index contributed by atoms with van der Waals surface area (Å²) in [6.07, 6.45) is 1.52. The molecule has 2 fully saturated rings. The smallest absolute Gasteiger partial charge is 0.409 e. The lowest BCUT2D eigenvalue weighted by molar-refractivity contribution is -0.155.